The molecule has 0 aromatic heterocycles. The van der Waals surface area contributed by atoms with E-state index in [1.807, 2.05) is 9.80 Å². The van der Waals surface area contributed by atoms with Gasteiger partial charge in [0.15, 0.2) is 11.5 Å². The molecular formula is C15H19N3O5. The van der Waals surface area contributed by atoms with Gasteiger partial charge in [0.05, 0.1) is 24.0 Å². The van der Waals surface area contributed by atoms with Crippen molar-refractivity contribution in [2.45, 2.75) is 6.92 Å². The Kier molecular flexibility index (Phi) is 3.59. The zero-order valence-corrected chi connectivity index (χ0v) is 13.0. The van der Waals surface area contributed by atoms with Crippen molar-refractivity contribution >= 4 is 23.2 Å². The van der Waals surface area contributed by atoms with Crippen molar-refractivity contribution < 1.29 is 24.5 Å². The molecule has 0 saturated carbocycles. The number of hydrogen-bond acceptors (Lipinski definition) is 7. The molecule has 1 amide bonds. The van der Waals surface area contributed by atoms with E-state index in [0.717, 1.165) is 32.4 Å². The molecule has 0 unspecified atom stereocenters. The molecule has 3 rings (SSSR count). The number of methoxy groups -OCH3 is 1. The lowest BCUT2D eigenvalue weighted by molar-refractivity contribution is 0.194. The summed E-state index contributed by atoms with van der Waals surface area (Å²) >= 11 is 0. The Labute approximate surface area is 133 Å². The van der Waals surface area contributed by atoms with Crippen LogP contribution in [0, 0.1) is 6.92 Å². The Bertz CT molecular complexity index is 693. The molecule has 1 aromatic carbocycles. The van der Waals surface area contributed by atoms with E-state index >= 15 is 0 Å². The molecule has 2 saturated heterocycles. The number of carbonyl (C=O) groups excluding carboxylic acids is 1. The molecule has 0 spiro atoms. The highest BCUT2D eigenvalue weighted by Crippen LogP contribution is 2.52. The zero-order chi connectivity index (χ0) is 16.7. The first-order valence-electron chi connectivity index (χ1n) is 7.24. The molecule has 124 valence electrons. The molecule has 8 heteroatoms. The van der Waals surface area contributed by atoms with Gasteiger partial charge in [-0.3, -0.25) is 0 Å². The molecule has 23 heavy (non-hydrogen) atoms. The van der Waals surface area contributed by atoms with E-state index in [1.165, 1.54) is 7.11 Å². The van der Waals surface area contributed by atoms with Crippen LogP contribution in [0.4, 0.5) is 16.2 Å². The molecule has 4 N–H and O–H groups in total. The van der Waals surface area contributed by atoms with E-state index in [0.29, 0.717) is 16.9 Å². The average molecular weight is 321 g/mol. The number of phenolic OH excluding ortho intramolecular Hbond substituents is 2. The normalized spacial score (nSPS) is 16.3. The van der Waals surface area contributed by atoms with Crippen molar-refractivity contribution in [1.82, 2.24) is 0 Å². The minimum atomic E-state index is -0.991. The van der Waals surface area contributed by atoms with Gasteiger partial charge < -0.3 is 35.2 Å². The summed E-state index contributed by atoms with van der Waals surface area (Å²) in [6.07, 6.45) is 0.0420. The molecule has 0 radical (unpaired) electrons. The van der Waals surface area contributed by atoms with Gasteiger partial charge in [0.2, 0.25) is 0 Å². The van der Waals surface area contributed by atoms with Gasteiger partial charge in [-0.05, 0) is 6.92 Å². The third-order valence-electron chi connectivity index (χ3n) is 3.91. The number of ether oxygens (including phenoxy) is 2. The average Bonchev–Trinajstić information content (AvgIpc) is 3.36. The van der Waals surface area contributed by atoms with Crippen molar-refractivity contribution in [3.8, 4) is 11.5 Å². The van der Waals surface area contributed by atoms with Crippen LogP contribution in [-0.4, -0.2) is 49.6 Å². The lowest BCUT2D eigenvalue weighted by Gasteiger charge is -2.21. The smallest absolute Gasteiger partial charge is 0.409 e. The SMILES string of the molecule is COC(=COC(N)=O)c1c(O)c(N2CC2)c(C)c(O)c1N1CC1. The number of amides is 1. The zero-order valence-electron chi connectivity index (χ0n) is 13.0. The first-order valence-corrected chi connectivity index (χ1v) is 7.24. The predicted octanol–water partition coefficient (Wildman–Crippen LogP) is 1.09. The maximum atomic E-state index is 10.8. The summed E-state index contributed by atoms with van der Waals surface area (Å²) in [6, 6.07) is 0. The number of benzene rings is 1. The monoisotopic (exact) mass is 321 g/mol. The maximum absolute atomic E-state index is 10.8. The van der Waals surface area contributed by atoms with Crippen molar-refractivity contribution in [3.63, 3.8) is 0 Å². The second kappa shape index (κ2) is 5.45. The number of primary amides is 1. The Balaban J connectivity index is 2.20. The highest BCUT2D eigenvalue weighted by Gasteiger charge is 2.35. The second-order valence-corrected chi connectivity index (χ2v) is 5.49. The predicted molar refractivity (Wildman–Crippen MR) is 84.6 cm³/mol. The fraction of sp³-hybridized carbons (Fsp3) is 0.400. The number of hydrogen-bond donors (Lipinski definition) is 3. The number of nitrogens with two attached hydrogens (primary N) is 1. The number of rotatable bonds is 5. The van der Waals surface area contributed by atoms with Gasteiger partial charge >= 0.3 is 6.09 Å². The summed E-state index contributed by atoms with van der Waals surface area (Å²) in [5, 5.41) is 21.4. The summed E-state index contributed by atoms with van der Waals surface area (Å²) in [5.74, 6) is 0.182. The van der Waals surface area contributed by atoms with Gasteiger partial charge in [0.25, 0.3) is 0 Å². The molecular weight excluding hydrogens is 302 g/mol. The fourth-order valence-corrected chi connectivity index (χ4v) is 2.61. The summed E-state index contributed by atoms with van der Waals surface area (Å²) in [5.41, 5.74) is 6.89. The van der Waals surface area contributed by atoms with E-state index < -0.39 is 6.09 Å². The van der Waals surface area contributed by atoms with Crippen LogP contribution < -0.4 is 15.5 Å². The van der Waals surface area contributed by atoms with Gasteiger partial charge in [-0.1, -0.05) is 0 Å². The lowest BCUT2D eigenvalue weighted by atomic mass is 10.0. The first kappa shape index (κ1) is 15.1. The van der Waals surface area contributed by atoms with E-state index in [4.69, 9.17) is 10.5 Å². The molecule has 0 aliphatic carbocycles. The third kappa shape index (κ3) is 2.67. The highest BCUT2D eigenvalue weighted by atomic mass is 16.6. The van der Waals surface area contributed by atoms with Crippen LogP contribution in [0.15, 0.2) is 6.26 Å². The van der Waals surface area contributed by atoms with E-state index in [9.17, 15) is 15.0 Å². The van der Waals surface area contributed by atoms with Crippen LogP contribution in [0.25, 0.3) is 5.76 Å². The van der Waals surface area contributed by atoms with Gasteiger partial charge in [-0.25, -0.2) is 4.79 Å². The van der Waals surface area contributed by atoms with Crippen molar-refractivity contribution in [2.24, 2.45) is 5.73 Å². The first-order chi connectivity index (χ1) is 11.0. The molecule has 0 atom stereocenters. The Hall–Kier alpha value is -2.77. The Morgan fingerprint density at radius 2 is 1.70 bits per heavy atom. The second-order valence-electron chi connectivity index (χ2n) is 5.49. The molecule has 2 aliphatic heterocycles. The molecule has 2 aliphatic rings. The quantitative estimate of drug-likeness (QED) is 0.423. The Morgan fingerprint density at radius 3 is 2.17 bits per heavy atom. The summed E-state index contributed by atoms with van der Waals surface area (Å²) in [7, 11) is 1.38. The Morgan fingerprint density at radius 1 is 1.13 bits per heavy atom. The van der Waals surface area contributed by atoms with Gasteiger partial charge in [0, 0.05) is 31.7 Å². The number of carbonyl (C=O) groups is 1. The maximum Gasteiger partial charge on any atom is 0.409 e. The van der Waals surface area contributed by atoms with E-state index in [-0.39, 0.29) is 22.8 Å². The molecule has 1 aromatic rings. The van der Waals surface area contributed by atoms with Crippen LogP contribution >= 0.6 is 0 Å². The standard InChI is InChI=1S/C15H19N3O5/c1-8-11(17-3-4-17)14(20)10(9(22-2)7-23-15(16)21)12(13(8)19)18-5-6-18/h7,19-20H,3-6H2,1-2H3,(H2,16,21). The minimum absolute atomic E-state index is 0.0131. The largest absolute Gasteiger partial charge is 0.505 e. The summed E-state index contributed by atoms with van der Waals surface area (Å²) in [4.78, 5) is 14.7. The van der Waals surface area contributed by atoms with E-state index in [1.54, 1.807) is 6.92 Å². The van der Waals surface area contributed by atoms with Crippen LogP contribution in [0.1, 0.15) is 11.1 Å². The highest BCUT2D eigenvalue weighted by molar-refractivity contribution is 5.91. The molecule has 2 fully saturated rings. The number of nitrogens with zero attached hydrogens (tertiary/aromatic N) is 2. The van der Waals surface area contributed by atoms with Crippen LogP contribution in [0.2, 0.25) is 0 Å². The minimum Gasteiger partial charge on any atom is -0.505 e. The molecule has 2 heterocycles. The van der Waals surface area contributed by atoms with Gasteiger partial charge in [0.1, 0.15) is 12.0 Å². The third-order valence-corrected chi connectivity index (χ3v) is 3.91. The van der Waals surface area contributed by atoms with Gasteiger partial charge in [-0.2, -0.15) is 0 Å². The topological polar surface area (TPSA) is 108 Å². The van der Waals surface area contributed by atoms with Crippen LogP contribution in [0.3, 0.4) is 0 Å². The number of anilines is 2. The number of aromatic hydroxyl groups is 2. The van der Waals surface area contributed by atoms with Crippen molar-refractivity contribution in [1.29, 1.82) is 0 Å². The number of phenols is 2. The molecule has 8 nitrogen and oxygen atoms in total. The lowest BCUT2D eigenvalue weighted by Crippen LogP contribution is -2.10. The van der Waals surface area contributed by atoms with Crippen LogP contribution in [0.5, 0.6) is 11.5 Å². The van der Waals surface area contributed by atoms with Crippen LogP contribution in [-0.2, 0) is 9.47 Å². The van der Waals surface area contributed by atoms with Gasteiger partial charge in [-0.15, -0.1) is 0 Å². The summed E-state index contributed by atoms with van der Waals surface area (Å²) < 4.78 is 9.92. The van der Waals surface area contributed by atoms with Crippen molar-refractivity contribution in [3.05, 3.63) is 17.4 Å². The van der Waals surface area contributed by atoms with Crippen molar-refractivity contribution in [2.75, 3.05) is 43.1 Å². The summed E-state index contributed by atoms with van der Waals surface area (Å²) in [6.45, 7) is 4.89. The fourth-order valence-electron chi connectivity index (χ4n) is 2.61. The van der Waals surface area contributed by atoms with E-state index in [2.05, 4.69) is 4.74 Å². The molecule has 0 bridgehead atoms.